The number of hydrogen-bond acceptors (Lipinski definition) is 4. The maximum Gasteiger partial charge on any atom is 0.331 e. The molecule has 108 valence electrons. The van der Waals surface area contributed by atoms with Gasteiger partial charge in [0.25, 0.3) is 0 Å². The van der Waals surface area contributed by atoms with Crippen LogP contribution in [0.2, 0.25) is 0 Å². The number of carbonyl (C=O) groups excluding carboxylic acids is 2. The van der Waals surface area contributed by atoms with Crippen molar-refractivity contribution in [3.05, 3.63) is 35.9 Å². The fraction of sp³-hybridized carbons (Fsp3) is 0.467. The molecule has 1 aromatic rings. The van der Waals surface area contributed by atoms with Gasteiger partial charge >= 0.3 is 5.97 Å². The van der Waals surface area contributed by atoms with E-state index in [1.54, 1.807) is 4.90 Å². The molecule has 5 heteroatoms. The van der Waals surface area contributed by atoms with Gasteiger partial charge in [-0.15, -0.1) is 0 Å². The largest absolute Gasteiger partial charge is 0.467 e. The first-order valence-corrected chi connectivity index (χ1v) is 6.66. The molecule has 1 heterocycles. The molecule has 1 aliphatic rings. The molecule has 2 unspecified atom stereocenters. The summed E-state index contributed by atoms with van der Waals surface area (Å²) in [5, 5.41) is 0. The number of nitrogens with zero attached hydrogens (tertiary/aromatic N) is 1. The first-order chi connectivity index (χ1) is 9.65. The molecule has 0 bridgehead atoms. The standard InChI is InChI=1S/C15H19NO4/c1-11(12-6-4-3-5-7-12)14(17)16-8-9-20-10-13(16)15(18)19-2/h3-7,11,13H,8-10H2,1-2H3. The molecule has 0 aromatic heterocycles. The summed E-state index contributed by atoms with van der Waals surface area (Å²) in [5.74, 6) is -0.797. The highest BCUT2D eigenvalue weighted by Gasteiger charge is 2.35. The lowest BCUT2D eigenvalue weighted by molar-refractivity contribution is -0.161. The molecule has 0 saturated carbocycles. The Labute approximate surface area is 118 Å². The summed E-state index contributed by atoms with van der Waals surface area (Å²) in [6.45, 7) is 2.90. The Bertz CT molecular complexity index is 474. The topological polar surface area (TPSA) is 55.8 Å². The number of morpholine rings is 1. The summed E-state index contributed by atoms with van der Waals surface area (Å²) < 4.78 is 10.0. The van der Waals surface area contributed by atoms with Crippen molar-refractivity contribution in [1.82, 2.24) is 4.90 Å². The van der Waals surface area contributed by atoms with Gasteiger partial charge in [-0.05, 0) is 12.5 Å². The first kappa shape index (κ1) is 14.5. The van der Waals surface area contributed by atoms with Gasteiger partial charge in [0.2, 0.25) is 5.91 Å². The van der Waals surface area contributed by atoms with Gasteiger partial charge in [0.15, 0.2) is 6.04 Å². The molecule has 2 atom stereocenters. The van der Waals surface area contributed by atoms with Crippen molar-refractivity contribution in [3.8, 4) is 0 Å². The molecule has 20 heavy (non-hydrogen) atoms. The van der Waals surface area contributed by atoms with Gasteiger partial charge in [-0.1, -0.05) is 30.3 Å². The number of carbonyl (C=O) groups is 2. The van der Waals surface area contributed by atoms with Gasteiger partial charge in [0.05, 0.1) is 26.2 Å². The second kappa shape index (κ2) is 6.52. The van der Waals surface area contributed by atoms with E-state index in [0.29, 0.717) is 13.2 Å². The molecular weight excluding hydrogens is 258 g/mol. The van der Waals surface area contributed by atoms with E-state index in [1.807, 2.05) is 37.3 Å². The fourth-order valence-corrected chi connectivity index (χ4v) is 2.33. The van der Waals surface area contributed by atoms with E-state index in [-0.39, 0.29) is 18.4 Å². The molecule has 0 N–H and O–H groups in total. The van der Waals surface area contributed by atoms with E-state index >= 15 is 0 Å². The minimum absolute atomic E-state index is 0.0742. The Hall–Kier alpha value is -1.88. The lowest BCUT2D eigenvalue weighted by Gasteiger charge is -2.35. The molecule has 1 aromatic carbocycles. The van der Waals surface area contributed by atoms with Crippen molar-refractivity contribution in [1.29, 1.82) is 0 Å². The van der Waals surface area contributed by atoms with Crippen LogP contribution in [0.15, 0.2) is 30.3 Å². The second-order valence-corrected chi connectivity index (χ2v) is 4.78. The Morgan fingerprint density at radius 1 is 1.35 bits per heavy atom. The number of rotatable bonds is 3. The SMILES string of the molecule is COC(=O)C1COCCN1C(=O)C(C)c1ccccc1. The van der Waals surface area contributed by atoms with Crippen LogP contribution in [-0.4, -0.2) is 49.7 Å². The number of benzene rings is 1. The fourth-order valence-electron chi connectivity index (χ4n) is 2.33. The van der Waals surface area contributed by atoms with Crippen molar-refractivity contribution in [2.24, 2.45) is 0 Å². The predicted octanol–water partition coefficient (Wildman–Crippen LogP) is 1.19. The highest BCUT2D eigenvalue weighted by Crippen LogP contribution is 2.20. The highest BCUT2D eigenvalue weighted by atomic mass is 16.5. The van der Waals surface area contributed by atoms with Crippen molar-refractivity contribution in [2.75, 3.05) is 26.9 Å². The third-order valence-corrected chi connectivity index (χ3v) is 3.55. The van der Waals surface area contributed by atoms with Gasteiger partial charge in [-0.2, -0.15) is 0 Å². The number of hydrogen-bond donors (Lipinski definition) is 0. The molecule has 0 aliphatic carbocycles. The van der Waals surface area contributed by atoms with Gasteiger partial charge < -0.3 is 14.4 Å². The molecule has 0 spiro atoms. The van der Waals surface area contributed by atoms with Crippen LogP contribution in [0.5, 0.6) is 0 Å². The van der Waals surface area contributed by atoms with Gasteiger partial charge in [0.1, 0.15) is 0 Å². The summed E-state index contributed by atoms with van der Waals surface area (Å²) in [6.07, 6.45) is 0. The minimum Gasteiger partial charge on any atom is -0.467 e. The lowest BCUT2D eigenvalue weighted by Crippen LogP contribution is -2.54. The van der Waals surface area contributed by atoms with Crippen molar-refractivity contribution < 1.29 is 19.1 Å². The Balaban J connectivity index is 2.15. The average molecular weight is 277 g/mol. The molecule has 1 fully saturated rings. The molecule has 0 radical (unpaired) electrons. The molecule has 1 aliphatic heterocycles. The van der Waals surface area contributed by atoms with Crippen LogP contribution in [0.4, 0.5) is 0 Å². The van der Waals surface area contributed by atoms with Crippen LogP contribution < -0.4 is 0 Å². The first-order valence-electron chi connectivity index (χ1n) is 6.66. The number of esters is 1. The van der Waals surface area contributed by atoms with Crippen LogP contribution in [0.1, 0.15) is 18.4 Å². The van der Waals surface area contributed by atoms with Crippen LogP contribution in [0.25, 0.3) is 0 Å². The van der Waals surface area contributed by atoms with E-state index in [2.05, 4.69) is 0 Å². The summed E-state index contributed by atoms with van der Waals surface area (Å²) in [6, 6.07) is 8.89. The van der Waals surface area contributed by atoms with Gasteiger partial charge in [0, 0.05) is 6.54 Å². The molecule has 1 amide bonds. The van der Waals surface area contributed by atoms with Crippen molar-refractivity contribution in [2.45, 2.75) is 18.9 Å². The average Bonchev–Trinajstić information content (AvgIpc) is 2.53. The second-order valence-electron chi connectivity index (χ2n) is 4.78. The zero-order valence-corrected chi connectivity index (χ0v) is 11.7. The van der Waals surface area contributed by atoms with E-state index in [9.17, 15) is 9.59 Å². The summed E-state index contributed by atoms with van der Waals surface area (Å²) in [5.41, 5.74) is 0.938. The monoisotopic (exact) mass is 277 g/mol. The zero-order valence-electron chi connectivity index (χ0n) is 11.7. The van der Waals surface area contributed by atoms with Crippen molar-refractivity contribution in [3.63, 3.8) is 0 Å². The lowest BCUT2D eigenvalue weighted by atomic mass is 9.99. The van der Waals surface area contributed by atoms with Gasteiger partial charge in [-0.3, -0.25) is 4.79 Å². The maximum atomic E-state index is 12.6. The molecular formula is C15H19NO4. The van der Waals surface area contributed by atoms with Crippen LogP contribution in [-0.2, 0) is 19.1 Å². The van der Waals surface area contributed by atoms with Gasteiger partial charge in [-0.25, -0.2) is 4.79 Å². The van der Waals surface area contributed by atoms with E-state index < -0.39 is 12.0 Å². The number of amides is 1. The number of methoxy groups -OCH3 is 1. The quantitative estimate of drug-likeness (QED) is 0.779. The third kappa shape index (κ3) is 2.99. The summed E-state index contributed by atoms with van der Waals surface area (Å²) in [7, 11) is 1.32. The van der Waals surface area contributed by atoms with E-state index in [4.69, 9.17) is 9.47 Å². The van der Waals surface area contributed by atoms with Crippen LogP contribution >= 0.6 is 0 Å². The molecule has 1 saturated heterocycles. The minimum atomic E-state index is -0.646. The Morgan fingerprint density at radius 3 is 2.70 bits per heavy atom. The summed E-state index contributed by atoms with van der Waals surface area (Å²) >= 11 is 0. The van der Waals surface area contributed by atoms with Crippen LogP contribution in [0.3, 0.4) is 0 Å². The summed E-state index contributed by atoms with van der Waals surface area (Å²) in [4.78, 5) is 25.9. The van der Waals surface area contributed by atoms with Crippen LogP contribution in [0, 0.1) is 0 Å². The molecule has 2 rings (SSSR count). The number of ether oxygens (including phenoxy) is 2. The van der Waals surface area contributed by atoms with E-state index in [1.165, 1.54) is 7.11 Å². The Morgan fingerprint density at radius 2 is 2.05 bits per heavy atom. The maximum absolute atomic E-state index is 12.6. The van der Waals surface area contributed by atoms with E-state index in [0.717, 1.165) is 5.56 Å². The zero-order chi connectivity index (χ0) is 14.5. The predicted molar refractivity (Wildman–Crippen MR) is 73.2 cm³/mol. The smallest absolute Gasteiger partial charge is 0.331 e. The normalized spacial score (nSPS) is 20.3. The third-order valence-electron chi connectivity index (χ3n) is 3.55. The molecule has 5 nitrogen and oxygen atoms in total. The highest BCUT2D eigenvalue weighted by molar-refractivity contribution is 5.88. The van der Waals surface area contributed by atoms with Crippen molar-refractivity contribution >= 4 is 11.9 Å². The Kier molecular flexibility index (Phi) is 4.74.